The molecule has 1 aliphatic carbocycles. The number of nitrogens with one attached hydrogen (secondary N) is 2. The number of benzene rings is 2. The first-order valence-electron chi connectivity index (χ1n) is 10.7. The predicted octanol–water partition coefficient (Wildman–Crippen LogP) is 3.09. The zero-order chi connectivity index (χ0) is 21.4. The molecule has 2 N–H and O–H groups in total. The van der Waals surface area contributed by atoms with Crippen molar-refractivity contribution in [1.82, 2.24) is 20.2 Å². The molecule has 1 fully saturated rings. The van der Waals surface area contributed by atoms with Crippen LogP contribution in [0.5, 0.6) is 0 Å². The molecule has 0 bridgehead atoms. The van der Waals surface area contributed by atoms with Gasteiger partial charge in [-0.25, -0.2) is 9.69 Å². The Morgan fingerprint density at radius 1 is 1.13 bits per heavy atom. The fraction of sp³-hybridized carbons (Fsp3) is 0.292. The van der Waals surface area contributed by atoms with Crippen molar-refractivity contribution in [2.75, 3.05) is 11.9 Å². The molecule has 1 aromatic heterocycles. The van der Waals surface area contributed by atoms with E-state index in [0.717, 1.165) is 29.8 Å². The van der Waals surface area contributed by atoms with E-state index in [1.807, 2.05) is 43.3 Å². The second-order valence-corrected chi connectivity index (χ2v) is 8.26. The van der Waals surface area contributed by atoms with E-state index in [2.05, 4.69) is 28.9 Å². The molecule has 7 heteroatoms. The fourth-order valence-electron chi connectivity index (χ4n) is 4.34. The van der Waals surface area contributed by atoms with Gasteiger partial charge in [0.25, 0.3) is 0 Å². The maximum Gasteiger partial charge on any atom is 0.241 e. The summed E-state index contributed by atoms with van der Waals surface area (Å²) in [5, 5.41) is 9.46. The van der Waals surface area contributed by atoms with Crippen LogP contribution in [0, 0.1) is 0 Å². The number of hydrogen-bond donors (Lipinski definition) is 2. The summed E-state index contributed by atoms with van der Waals surface area (Å²) >= 11 is 0. The van der Waals surface area contributed by atoms with Crippen LogP contribution in [0.15, 0.2) is 54.6 Å². The van der Waals surface area contributed by atoms with Crippen LogP contribution in [0.3, 0.4) is 0 Å². The number of hydrazine groups is 1. The van der Waals surface area contributed by atoms with Crippen molar-refractivity contribution in [2.45, 2.75) is 38.6 Å². The third kappa shape index (κ3) is 3.96. The third-order valence-corrected chi connectivity index (χ3v) is 5.97. The van der Waals surface area contributed by atoms with Crippen molar-refractivity contribution in [3.05, 3.63) is 65.7 Å². The topological polar surface area (TPSA) is 79.3 Å². The molecule has 3 aromatic rings. The minimum absolute atomic E-state index is 0.0146. The average Bonchev–Trinajstić information content (AvgIpc) is 3.47. The van der Waals surface area contributed by atoms with Gasteiger partial charge in [-0.3, -0.25) is 15.0 Å². The van der Waals surface area contributed by atoms with Crippen molar-refractivity contribution >= 4 is 17.6 Å². The molecule has 2 aromatic carbocycles. The number of carbonyl (C=O) groups is 2. The van der Waals surface area contributed by atoms with Crippen molar-refractivity contribution in [2.24, 2.45) is 0 Å². The highest BCUT2D eigenvalue weighted by Gasteiger charge is 2.28. The Labute approximate surface area is 181 Å². The summed E-state index contributed by atoms with van der Waals surface area (Å²) in [5.74, 6) is 0.338. The normalized spacial score (nSPS) is 18.1. The van der Waals surface area contributed by atoms with Crippen molar-refractivity contribution < 1.29 is 9.59 Å². The van der Waals surface area contributed by atoms with Gasteiger partial charge in [0.2, 0.25) is 11.8 Å². The molecule has 0 spiro atoms. The Morgan fingerprint density at radius 2 is 1.94 bits per heavy atom. The summed E-state index contributed by atoms with van der Waals surface area (Å²) in [7, 11) is 0. The summed E-state index contributed by atoms with van der Waals surface area (Å²) in [5.41, 5.74) is 8.27. The van der Waals surface area contributed by atoms with Gasteiger partial charge in [-0.15, -0.1) is 0 Å². The third-order valence-electron chi connectivity index (χ3n) is 5.97. The van der Waals surface area contributed by atoms with Gasteiger partial charge in [0, 0.05) is 24.1 Å². The van der Waals surface area contributed by atoms with E-state index in [-0.39, 0.29) is 24.4 Å². The molecule has 0 radical (unpaired) electrons. The lowest BCUT2D eigenvalue weighted by molar-refractivity contribution is -0.122. The second kappa shape index (κ2) is 8.00. The molecule has 2 heterocycles. The van der Waals surface area contributed by atoms with Crippen molar-refractivity contribution in [1.29, 1.82) is 0 Å². The summed E-state index contributed by atoms with van der Waals surface area (Å²) in [6.45, 7) is 2.01. The highest BCUT2D eigenvalue weighted by atomic mass is 16.2. The van der Waals surface area contributed by atoms with Gasteiger partial charge < -0.3 is 5.32 Å². The summed E-state index contributed by atoms with van der Waals surface area (Å²) < 4.78 is 1.76. The van der Waals surface area contributed by atoms with Gasteiger partial charge in [0.1, 0.15) is 5.82 Å². The van der Waals surface area contributed by atoms with Gasteiger partial charge in [-0.05, 0) is 55.5 Å². The molecule has 1 atom stereocenters. The molecule has 1 saturated heterocycles. The summed E-state index contributed by atoms with van der Waals surface area (Å²) in [6.07, 6.45) is 3.84. The van der Waals surface area contributed by atoms with Gasteiger partial charge in [0.05, 0.1) is 17.9 Å². The first kappa shape index (κ1) is 19.5. The molecule has 0 unspecified atom stereocenters. The van der Waals surface area contributed by atoms with Gasteiger partial charge in [-0.2, -0.15) is 5.10 Å². The Hall–Kier alpha value is -3.45. The number of carbonyl (C=O) groups excluding carboxylic acids is 2. The lowest BCUT2D eigenvalue weighted by Crippen LogP contribution is -2.42. The standard InChI is InChI=1S/C24H25N5O2/c1-16-12-23(30)27-28(16)15-24(31)25-22-14-21(26-29(22)20-8-3-2-4-9-20)19-11-10-17-6-5-7-18(17)13-19/h2-4,8-11,13-14,16H,5-7,12,15H2,1H3,(H,25,31)(H,27,30)/t16-/m1/s1. The van der Waals surface area contributed by atoms with E-state index >= 15 is 0 Å². The Kier molecular flexibility index (Phi) is 5.03. The lowest BCUT2D eigenvalue weighted by Gasteiger charge is -2.19. The summed E-state index contributed by atoms with van der Waals surface area (Å²) in [6, 6.07) is 18.2. The number of amides is 2. The van der Waals surface area contributed by atoms with Crippen LogP contribution >= 0.6 is 0 Å². The number of aryl methyl sites for hydroxylation is 2. The molecule has 1 aliphatic heterocycles. The van der Waals surface area contributed by atoms with Crippen LogP contribution in [0.1, 0.15) is 30.9 Å². The van der Waals surface area contributed by atoms with Gasteiger partial charge >= 0.3 is 0 Å². The summed E-state index contributed by atoms with van der Waals surface area (Å²) in [4.78, 5) is 24.3. The fourth-order valence-corrected chi connectivity index (χ4v) is 4.34. The molecule has 7 nitrogen and oxygen atoms in total. The van der Waals surface area contributed by atoms with E-state index in [9.17, 15) is 9.59 Å². The highest BCUT2D eigenvalue weighted by Crippen LogP contribution is 2.30. The van der Waals surface area contributed by atoms with E-state index in [0.29, 0.717) is 12.2 Å². The van der Waals surface area contributed by atoms with Crippen LogP contribution in [0.25, 0.3) is 16.9 Å². The molecular weight excluding hydrogens is 390 g/mol. The monoisotopic (exact) mass is 415 g/mol. The van der Waals surface area contributed by atoms with Crippen molar-refractivity contribution in [3.63, 3.8) is 0 Å². The molecule has 2 amide bonds. The minimum Gasteiger partial charge on any atom is -0.309 e. The number of anilines is 1. The highest BCUT2D eigenvalue weighted by molar-refractivity contribution is 5.93. The first-order chi connectivity index (χ1) is 15.1. The quantitative estimate of drug-likeness (QED) is 0.671. The largest absolute Gasteiger partial charge is 0.309 e. The van der Waals surface area contributed by atoms with Crippen LogP contribution in [-0.4, -0.2) is 39.2 Å². The first-order valence-corrected chi connectivity index (χ1v) is 10.7. The molecular formula is C24H25N5O2. The van der Waals surface area contributed by atoms with Crippen LogP contribution in [0.4, 0.5) is 5.82 Å². The smallest absolute Gasteiger partial charge is 0.241 e. The zero-order valence-corrected chi connectivity index (χ0v) is 17.5. The number of fused-ring (bicyclic) bond motifs is 1. The van der Waals surface area contributed by atoms with E-state index in [1.54, 1.807) is 9.69 Å². The minimum atomic E-state index is -0.202. The van der Waals surface area contributed by atoms with Gasteiger partial charge in [0.15, 0.2) is 0 Å². The van der Waals surface area contributed by atoms with E-state index in [4.69, 9.17) is 5.10 Å². The number of hydrogen-bond acceptors (Lipinski definition) is 4. The Morgan fingerprint density at radius 3 is 2.71 bits per heavy atom. The SMILES string of the molecule is C[C@@H]1CC(=O)NN1CC(=O)Nc1cc(-c2ccc3c(c2)CCC3)nn1-c1ccccc1. The number of rotatable bonds is 5. The van der Waals surface area contributed by atoms with Gasteiger partial charge in [-0.1, -0.05) is 30.3 Å². The van der Waals surface area contributed by atoms with Crippen LogP contribution < -0.4 is 10.7 Å². The maximum atomic E-state index is 12.8. The Bertz CT molecular complexity index is 1140. The van der Waals surface area contributed by atoms with Crippen LogP contribution in [0.2, 0.25) is 0 Å². The predicted molar refractivity (Wildman–Crippen MR) is 119 cm³/mol. The molecule has 31 heavy (non-hydrogen) atoms. The lowest BCUT2D eigenvalue weighted by atomic mass is 10.0. The van der Waals surface area contributed by atoms with Crippen LogP contribution in [-0.2, 0) is 22.4 Å². The molecule has 5 rings (SSSR count). The molecule has 0 saturated carbocycles. The van der Waals surface area contributed by atoms with E-state index in [1.165, 1.54) is 17.5 Å². The number of nitrogens with zero attached hydrogens (tertiary/aromatic N) is 3. The Balaban J connectivity index is 1.44. The second-order valence-electron chi connectivity index (χ2n) is 8.26. The number of para-hydroxylation sites is 1. The maximum absolute atomic E-state index is 12.8. The van der Waals surface area contributed by atoms with Crippen molar-refractivity contribution in [3.8, 4) is 16.9 Å². The average molecular weight is 415 g/mol. The van der Waals surface area contributed by atoms with E-state index < -0.39 is 0 Å². The molecule has 158 valence electrons. The molecule has 2 aliphatic rings. The number of aromatic nitrogens is 2. The zero-order valence-electron chi connectivity index (χ0n) is 17.5.